The fourth-order valence-corrected chi connectivity index (χ4v) is 2.15. The van der Waals surface area contributed by atoms with Gasteiger partial charge in [-0.2, -0.15) is 0 Å². The number of hydrogen-bond acceptors (Lipinski definition) is 3. The molecule has 2 aliphatic rings. The Morgan fingerprint density at radius 3 is 2.50 bits per heavy atom. The second-order valence-electron chi connectivity index (χ2n) is 4.51. The molecule has 1 spiro atoms. The summed E-state index contributed by atoms with van der Waals surface area (Å²) in [5, 5.41) is 9.22. The van der Waals surface area contributed by atoms with Gasteiger partial charge in [-0.15, -0.1) is 0 Å². The molecule has 3 heteroatoms. The van der Waals surface area contributed by atoms with Gasteiger partial charge in [0.25, 0.3) is 0 Å². The van der Waals surface area contributed by atoms with Crippen molar-refractivity contribution in [2.75, 3.05) is 6.61 Å². The summed E-state index contributed by atoms with van der Waals surface area (Å²) in [6, 6.07) is 0. The van der Waals surface area contributed by atoms with Crippen LogP contribution in [0.1, 0.15) is 33.1 Å². The molecule has 12 heavy (non-hydrogen) atoms. The Balaban J connectivity index is 2.06. The first-order valence-corrected chi connectivity index (χ1v) is 4.51. The molecule has 0 aromatic rings. The zero-order valence-electron chi connectivity index (χ0n) is 7.67. The monoisotopic (exact) mass is 172 g/mol. The van der Waals surface area contributed by atoms with E-state index in [1.165, 1.54) is 0 Å². The average Bonchev–Trinajstić information content (AvgIpc) is 2.41. The minimum atomic E-state index is -0.612. The number of rotatable bonds is 0. The number of ether oxygens (including phenoxy) is 2. The Bertz CT molecular complexity index is 190. The smallest absolute Gasteiger partial charge is 0.157 e. The lowest BCUT2D eigenvalue weighted by molar-refractivity contribution is -0.0886. The van der Waals surface area contributed by atoms with Crippen LogP contribution in [0, 0.1) is 0 Å². The van der Waals surface area contributed by atoms with Gasteiger partial charge in [-0.3, -0.25) is 0 Å². The molecule has 2 atom stereocenters. The van der Waals surface area contributed by atoms with Gasteiger partial charge in [-0.05, 0) is 26.7 Å². The first-order valence-electron chi connectivity index (χ1n) is 4.51. The first-order chi connectivity index (χ1) is 5.52. The molecule has 2 rings (SSSR count). The zero-order valence-corrected chi connectivity index (χ0v) is 7.67. The molecular formula is C9H16O3. The van der Waals surface area contributed by atoms with E-state index in [0.29, 0.717) is 13.0 Å². The maximum absolute atomic E-state index is 9.22. The lowest BCUT2D eigenvalue weighted by Gasteiger charge is -2.25. The number of aliphatic hydroxyl groups is 1. The fourth-order valence-electron chi connectivity index (χ4n) is 2.15. The van der Waals surface area contributed by atoms with Crippen molar-refractivity contribution in [3.63, 3.8) is 0 Å². The van der Waals surface area contributed by atoms with Crippen LogP contribution in [-0.2, 0) is 9.47 Å². The minimum Gasteiger partial charge on any atom is -0.368 e. The summed E-state index contributed by atoms with van der Waals surface area (Å²) in [5.41, 5.74) is -0.212. The van der Waals surface area contributed by atoms with Gasteiger partial charge >= 0.3 is 0 Å². The predicted molar refractivity (Wildman–Crippen MR) is 43.7 cm³/mol. The van der Waals surface area contributed by atoms with E-state index >= 15 is 0 Å². The topological polar surface area (TPSA) is 38.7 Å². The maximum atomic E-state index is 9.22. The molecule has 2 heterocycles. The van der Waals surface area contributed by atoms with E-state index in [9.17, 15) is 5.11 Å². The Kier molecular flexibility index (Phi) is 1.72. The van der Waals surface area contributed by atoms with Gasteiger partial charge in [-0.25, -0.2) is 0 Å². The van der Waals surface area contributed by atoms with Crippen molar-refractivity contribution in [3.05, 3.63) is 0 Å². The second kappa shape index (κ2) is 2.44. The fraction of sp³-hybridized carbons (Fsp3) is 1.00. The van der Waals surface area contributed by atoms with E-state index in [1.54, 1.807) is 0 Å². The van der Waals surface area contributed by atoms with Gasteiger partial charge in [0, 0.05) is 6.42 Å². The molecule has 2 saturated heterocycles. The molecule has 2 fully saturated rings. The summed E-state index contributed by atoms with van der Waals surface area (Å²) in [7, 11) is 0. The van der Waals surface area contributed by atoms with Crippen LogP contribution in [0.3, 0.4) is 0 Å². The molecule has 2 aliphatic heterocycles. The summed E-state index contributed by atoms with van der Waals surface area (Å²) in [5.74, 6) is 0. The lowest BCUT2D eigenvalue weighted by atomic mass is 9.97. The number of aliphatic hydroxyl groups excluding tert-OH is 1. The molecular weight excluding hydrogens is 156 g/mol. The molecule has 0 aromatic carbocycles. The third kappa shape index (κ3) is 1.37. The number of hydrogen-bond donors (Lipinski definition) is 1. The molecule has 3 nitrogen and oxygen atoms in total. The van der Waals surface area contributed by atoms with Crippen molar-refractivity contribution in [2.24, 2.45) is 0 Å². The Morgan fingerprint density at radius 1 is 1.33 bits per heavy atom. The van der Waals surface area contributed by atoms with Crippen LogP contribution in [0.25, 0.3) is 0 Å². The van der Waals surface area contributed by atoms with Gasteiger partial charge in [0.1, 0.15) is 0 Å². The van der Waals surface area contributed by atoms with Crippen molar-refractivity contribution in [1.29, 1.82) is 0 Å². The van der Waals surface area contributed by atoms with Crippen molar-refractivity contribution < 1.29 is 14.6 Å². The van der Waals surface area contributed by atoms with Crippen LogP contribution in [0.4, 0.5) is 0 Å². The van der Waals surface area contributed by atoms with Crippen molar-refractivity contribution >= 4 is 0 Å². The van der Waals surface area contributed by atoms with Crippen molar-refractivity contribution in [2.45, 2.75) is 50.6 Å². The highest BCUT2D eigenvalue weighted by Gasteiger charge is 2.49. The molecule has 0 aliphatic carbocycles. The Hall–Kier alpha value is -0.120. The standard InChI is InChI=1S/C9H16O3/c1-8(2)3-4-9(12-8)5-7(10)11-6-9/h7,10H,3-6H2,1-2H3/t7-,9-/m0/s1. The van der Waals surface area contributed by atoms with E-state index in [0.717, 1.165) is 12.8 Å². The van der Waals surface area contributed by atoms with E-state index in [-0.39, 0.29) is 11.2 Å². The minimum absolute atomic E-state index is 0.0343. The van der Waals surface area contributed by atoms with Crippen LogP contribution in [-0.4, -0.2) is 29.2 Å². The molecule has 0 amide bonds. The third-order valence-corrected chi connectivity index (χ3v) is 2.76. The second-order valence-corrected chi connectivity index (χ2v) is 4.51. The highest BCUT2D eigenvalue weighted by atomic mass is 16.6. The summed E-state index contributed by atoms with van der Waals surface area (Å²) < 4.78 is 11.0. The summed E-state index contributed by atoms with van der Waals surface area (Å²) >= 11 is 0. The van der Waals surface area contributed by atoms with Gasteiger partial charge in [0.05, 0.1) is 17.8 Å². The summed E-state index contributed by atoms with van der Waals surface area (Å²) in [6.45, 7) is 4.73. The summed E-state index contributed by atoms with van der Waals surface area (Å²) in [6.07, 6.45) is 2.09. The predicted octanol–water partition coefficient (Wildman–Crippen LogP) is 1.05. The average molecular weight is 172 g/mol. The van der Waals surface area contributed by atoms with Gasteiger partial charge in [0.2, 0.25) is 0 Å². The SMILES string of the molecule is CC1(C)CC[C@]2(CO[C@H](O)C2)O1. The summed E-state index contributed by atoms with van der Waals surface area (Å²) in [4.78, 5) is 0. The van der Waals surface area contributed by atoms with Crippen LogP contribution in [0.5, 0.6) is 0 Å². The Morgan fingerprint density at radius 2 is 2.08 bits per heavy atom. The molecule has 0 bridgehead atoms. The lowest BCUT2D eigenvalue weighted by Crippen LogP contribution is -2.32. The molecule has 0 unspecified atom stereocenters. The Labute approximate surface area is 72.7 Å². The van der Waals surface area contributed by atoms with E-state index in [1.807, 2.05) is 0 Å². The van der Waals surface area contributed by atoms with E-state index in [4.69, 9.17) is 9.47 Å². The van der Waals surface area contributed by atoms with Crippen molar-refractivity contribution in [3.8, 4) is 0 Å². The molecule has 0 aromatic heterocycles. The molecule has 1 N–H and O–H groups in total. The highest BCUT2D eigenvalue weighted by Crippen LogP contribution is 2.43. The zero-order chi connectivity index (χ0) is 8.82. The first kappa shape index (κ1) is 8.48. The quantitative estimate of drug-likeness (QED) is 0.593. The maximum Gasteiger partial charge on any atom is 0.157 e. The molecule has 0 radical (unpaired) electrons. The van der Waals surface area contributed by atoms with Gasteiger partial charge in [-0.1, -0.05) is 0 Å². The third-order valence-electron chi connectivity index (χ3n) is 2.76. The van der Waals surface area contributed by atoms with Crippen LogP contribution >= 0.6 is 0 Å². The van der Waals surface area contributed by atoms with Gasteiger partial charge < -0.3 is 14.6 Å². The van der Waals surface area contributed by atoms with Crippen LogP contribution < -0.4 is 0 Å². The normalized spacial score (nSPS) is 45.8. The highest BCUT2D eigenvalue weighted by molar-refractivity contribution is 4.96. The van der Waals surface area contributed by atoms with Gasteiger partial charge in [0.15, 0.2) is 6.29 Å². The van der Waals surface area contributed by atoms with Crippen LogP contribution in [0.2, 0.25) is 0 Å². The molecule has 0 saturated carbocycles. The van der Waals surface area contributed by atoms with E-state index < -0.39 is 6.29 Å². The van der Waals surface area contributed by atoms with Crippen LogP contribution in [0.15, 0.2) is 0 Å². The van der Waals surface area contributed by atoms with E-state index in [2.05, 4.69) is 13.8 Å². The molecule has 70 valence electrons. The largest absolute Gasteiger partial charge is 0.368 e. The van der Waals surface area contributed by atoms with Crippen molar-refractivity contribution in [1.82, 2.24) is 0 Å².